The lowest BCUT2D eigenvalue weighted by atomic mass is 10.0. The van der Waals surface area contributed by atoms with Gasteiger partial charge in [-0.05, 0) is 30.7 Å². The number of carbonyl (C=O) groups is 1. The summed E-state index contributed by atoms with van der Waals surface area (Å²) in [6.07, 6.45) is 5.32. The number of rotatable bonds is 3. The summed E-state index contributed by atoms with van der Waals surface area (Å²) >= 11 is 0. The van der Waals surface area contributed by atoms with E-state index in [9.17, 15) is 4.79 Å². The second-order valence-electron chi connectivity index (χ2n) is 5.61. The van der Waals surface area contributed by atoms with E-state index >= 15 is 0 Å². The summed E-state index contributed by atoms with van der Waals surface area (Å²) in [7, 11) is 0. The number of likely N-dealkylation sites (tertiary alicyclic amines) is 1. The van der Waals surface area contributed by atoms with Gasteiger partial charge in [0.25, 0.3) is 5.91 Å². The first-order valence-electron chi connectivity index (χ1n) is 7.65. The zero-order chi connectivity index (χ0) is 15.4. The number of amides is 1. The number of pyridine rings is 1. The number of ether oxygens (including phenoxy) is 1. The second kappa shape index (κ2) is 6.60. The van der Waals surface area contributed by atoms with Gasteiger partial charge in [0.2, 0.25) is 0 Å². The molecule has 0 spiro atoms. The normalized spacial score (nSPS) is 15.6. The number of piperidine rings is 1. The van der Waals surface area contributed by atoms with Crippen molar-refractivity contribution in [2.75, 3.05) is 13.1 Å². The summed E-state index contributed by atoms with van der Waals surface area (Å²) in [5.74, 6) is 0.920. The molecular formula is C18H20N2O2. The fourth-order valence-corrected chi connectivity index (χ4v) is 2.77. The number of benzene rings is 1. The zero-order valence-electron chi connectivity index (χ0n) is 12.7. The minimum Gasteiger partial charge on any atom is -0.489 e. The van der Waals surface area contributed by atoms with E-state index in [4.69, 9.17) is 4.74 Å². The lowest BCUT2D eigenvalue weighted by molar-refractivity contribution is 0.0594. The van der Waals surface area contributed by atoms with E-state index in [-0.39, 0.29) is 12.0 Å². The van der Waals surface area contributed by atoms with Crippen molar-refractivity contribution in [1.82, 2.24) is 9.88 Å². The maximum Gasteiger partial charge on any atom is 0.254 e. The third-order valence-electron chi connectivity index (χ3n) is 4.04. The molecule has 22 heavy (non-hydrogen) atoms. The first-order valence-corrected chi connectivity index (χ1v) is 7.65. The number of aryl methyl sites for hydroxylation is 1. The van der Waals surface area contributed by atoms with E-state index in [0.717, 1.165) is 42.8 Å². The van der Waals surface area contributed by atoms with Crippen LogP contribution in [0.25, 0.3) is 0 Å². The molecule has 2 heterocycles. The Morgan fingerprint density at radius 3 is 2.64 bits per heavy atom. The van der Waals surface area contributed by atoms with Crippen LogP contribution in [-0.4, -0.2) is 35.0 Å². The Morgan fingerprint density at radius 2 is 1.95 bits per heavy atom. The lowest BCUT2D eigenvalue weighted by Gasteiger charge is -2.32. The number of carbonyl (C=O) groups excluding carboxylic acids is 1. The van der Waals surface area contributed by atoms with E-state index in [1.165, 1.54) is 0 Å². The molecule has 0 saturated carbocycles. The Hall–Kier alpha value is -2.36. The Balaban J connectivity index is 1.58. The second-order valence-corrected chi connectivity index (χ2v) is 5.61. The van der Waals surface area contributed by atoms with Crippen LogP contribution in [0.4, 0.5) is 0 Å². The minimum atomic E-state index is 0.123. The van der Waals surface area contributed by atoms with Crippen molar-refractivity contribution in [2.24, 2.45) is 0 Å². The highest BCUT2D eigenvalue weighted by molar-refractivity contribution is 5.95. The molecule has 1 saturated heterocycles. The molecule has 0 bridgehead atoms. The van der Waals surface area contributed by atoms with Gasteiger partial charge in [0.05, 0.1) is 6.20 Å². The van der Waals surface area contributed by atoms with Crippen molar-refractivity contribution >= 4 is 5.91 Å². The molecule has 3 rings (SSSR count). The van der Waals surface area contributed by atoms with E-state index in [1.54, 1.807) is 12.4 Å². The van der Waals surface area contributed by atoms with Crippen molar-refractivity contribution in [2.45, 2.75) is 25.9 Å². The molecule has 1 aliphatic heterocycles. The van der Waals surface area contributed by atoms with Crippen LogP contribution < -0.4 is 4.74 Å². The van der Waals surface area contributed by atoms with E-state index in [0.29, 0.717) is 0 Å². The molecule has 4 heteroatoms. The quantitative estimate of drug-likeness (QED) is 0.874. The molecule has 1 amide bonds. The average molecular weight is 296 g/mol. The molecule has 1 fully saturated rings. The number of nitrogens with zero attached hydrogens (tertiary/aromatic N) is 2. The summed E-state index contributed by atoms with van der Waals surface area (Å²) in [6.45, 7) is 3.45. The highest BCUT2D eigenvalue weighted by Gasteiger charge is 2.25. The van der Waals surface area contributed by atoms with Crippen molar-refractivity contribution in [3.8, 4) is 5.75 Å². The smallest absolute Gasteiger partial charge is 0.254 e. The van der Waals surface area contributed by atoms with E-state index in [2.05, 4.69) is 4.98 Å². The van der Waals surface area contributed by atoms with Gasteiger partial charge in [-0.3, -0.25) is 9.78 Å². The molecule has 4 nitrogen and oxygen atoms in total. The fraction of sp³-hybridized carbons (Fsp3) is 0.333. The first kappa shape index (κ1) is 14.6. The van der Waals surface area contributed by atoms with Gasteiger partial charge >= 0.3 is 0 Å². The van der Waals surface area contributed by atoms with Crippen LogP contribution in [0.1, 0.15) is 28.8 Å². The minimum absolute atomic E-state index is 0.123. The molecule has 0 aliphatic carbocycles. The fourth-order valence-electron chi connectivity index (χ4n) is 2.77. The van der Waals surface area contributed by atoms with Crippen molar-refractivity contribution in [1.29, 1.82) is 0 Å². The van der Waals surface area contributed by atoms with Gasteiger partial charge in [0.15, 0.2) is 0 Å². The predicted octanol–water partition coefficient (Wildman–Crippen LogP) is 3.07. The molecule has 1 aliphatic rings. The van der Waals surface area contributed by atoms with Gasteiger partial charge in [-0.25, -0.2) is 0 Å². The SMILES string of the molecule is Cc1ccccc1C(=O)N1CCC(Oc2cccnc2)CC1. The molecule has 2 aromatic rings. The van der Waals surface area contributed by atoms with Gasteiger partial charge in [-0.15, -0.1) is 0 Å². The van der Waals surface area contributed by atoms with Crippen LogP contribution in [0, 0.1) is 6.92 Å². The molecule has 0 unspecified atom stereocenters. The molecule has 0 radical (unpaired) electrons. The topological polar surface area (TPSA) is 42.4 Å². The highest BCUT2D eigenvalue weighted by atomic mass is 16.5. The van der Waals surface area contributed by atoms with Gasteiger partial charge in [0.1, 0.15) is 11.9 Å². The van der Waals surface area contributed by atoms with Crippen LogP contribution in [0.5, 0.6) is 5.75 Å². The molecule has 1 aromatic carbocycles. The lowest BCUT2D eigenvalue weighted by Crippen LogP contribution is -2.42. The Morgan fingerprint density at radius 1 is 1.18 bits per heavy atom. The Kier molecular flexibility index (Phi) is 4.37. The molecule has 1 aromatic heterocycles. The maximum absolute atomic E-state index is 12.6. The summed E-state index contributed by atoms with van der Waals surface area (Å²) < 4.78 is 5.91. The van der Waals surface area contributed by atoms with Crippen molar-refractivity contribution in [3.63, 3.8) is 0 Å². The van der Waals surface area contributed by atoms with Crippen molar-refractivity contribution < 1.29 is 9.53 Å². The van der Waals surface area contributed by atoms with Crippen LogP contribution >= 0.6 is 0 Å². The summed E-state index contributed by atoms with van der Waals surface area (Å²) in [4.78, 5) is 18.5. The monoisotopic (exact) mass is 296 g/mol. The Labute approximate surface area is 130 Å². The molecule has 0 N–H and O–H groups in total. The van der Waals surface area contributed by atoms with Crippen LogP contribution in [-0.2, 0) is 0 Å². The van der Waals surface area contributed by atoms with Gasteiger partial charge in [0, 0.05) is 37.7 Å². The number of hydrogen-bond acceptors (Lipinski definition) is 3. The van der Waals surface area contributed by atoms with Crippen LogP contribution in [0.2, 0.25) is 0 Å². The van der Waals surface area contributed by atoms with Gasteiger partial charge in [-0.1, -0.05) is 18.2 Å². The maximum atomic E-state index is 12.6. The third-order valence-corrected chi connectivity index (χ3v) is 4.04. The standard InChI is InChI=1S/C18H20N2O2/c1-14-5-2-3-7-17(14)18(21)20-11-8-15(9-12-20)22-16-6-4-10-19-13-16/h2-7,10,13,15H,8-9,11-12H2,1H3. The van der Waals surface area contributed by atoms with E-state index < -0.39 is 0 Å². The van der Waals surface area contributed by atoms with Crippen molar-refractivity contribution in [3.05, 3.63) is 59.9 Å². The number of hydrogen-bond donors (Lipinski definition) is 0. The van der Waals surface area contributed by atoms with Crippen LogP contribution in [0.15, 0.2) is 48.8 Å². The van der Waals surface area contributed by atoms with Gasteiger partial charge < -0.3 is 9.64 Å². The summed E-state index contributed by atoms with van der Waals surface area (Å²) in [6, 6.07) is 11.5. The van der Waals surface area contributed by atoms with E-state index in [1.807, 2.05) is 48.2 Å². The zero-order valence-corrected chi connectivity index (χ0v) is 12.7. The predicted molar refractivity (Wildman–Crippen MR) is 85.0 cm³/mol. The molecule has 0 atom stereocenters. The molecule has 114 valence electrons. The first-order chi connectivity index (χ1) is 10.7. The third kappa shape index (κ3) is 3.27. The largest absolute Gasteiger partial charge is 0.489 e. The van der Waals surface area contributed by atoms with Crippen LogP contribution in [0.3, 0.4) is 0 Å². The average Bonchev–Trinajstić information content (AvgIpc) is 2.56. The van der Waals surface area contributed by atoms with Gasteiger partial charge in [-0.2, -0.15) is 0 Å². The summed E-state index contributed by atoms with van der Waals surface area (Å²) in [5, 5.41) is 0. The summed E-state index contributed by atoms with van der Waals surface area (Å²) in [5.41, 5.74) is 1.83. The number of aromatic nitrogens is 1. The Bertz CT molecular complexity index is 635. The highest BCUT2D eigenvalue weighted by Crippen LogP contribution is 2.20. The molecular weight excluding hydrogens is 276 g/mol.